The van der Waals surface area contributed by atoms with Gasteiger partial charge in [-0.25, -0.2) is 0 Å². The molecular weight excluding hydrogens is 370 g/mol. The van der Waals surface area contributed by atoms with Crippen LogP contribution in [0, 0.1) is 0 Å². The largest absolute Gasteiger partial charge is 0.378 e. The second kappa shape index (κ2) is 8.82. The Labute approximate surface area is 161 Å². The van der Waals surface area contributed by atoms with Gasteiger partial charge < -0.3 is 10.4 Å². The highest BCUT2D eigenvalue weighted by Gasteiger charge is 2.21. The Morgan fingerprint density at radius 2 is 2.04 bits per heavy atom. The first-order valence-electron chi connectivity index (χ1n) is 8.87. The number of thioether (sulfide) groups is 1. The number of rotatable bonds is 6. The Morgan fingerprint density at radius 3 is 2.78 bits per heavy atom. The van der Waals surface area contributed by atoms with Gasteiger partial charge in [0.05, 0.1) is 5.56 Å². The highest BCUT2D eigenvalue weighted by atomic mass is 32.2. The number of hydrogen-bond donors (Lipinski definition) is 2. The van der Waals surface area contributed by atoms with Gasteiger partial charge in [-0.2, -0.15) is 8.78 Å². The van der Waals surface area contributed by atoms with Gasteiger partial charge in [0, 0.05) is 23.7 Å². The van der Waals surface area contributed by atoms with Gasteiger partial charge in [-0.1, -0.05) is 36.9 Å². The molecule has 1 atom stereocenters. The molecule has 3 rings (SSSR count). The van der Waals surface area contributed by atoms with Crippen LogP contribution in [-0.4, -0.2) is 34.4 Å². The molecule has 1 unspecified atom stereocenters. The van der Waals surface area contributed by atoms with Crippen molar-refractivity contribution < 1.29 is 18.7 Å². The molecule has 1 aliphatic rings. The first kappa shape index (κ1) is 19.8. The fourth-order valence-electron chi connectivity index (χ4n) is 3.22. The minimum Gasteiger partial charge on any atom is -0.378 e. The SMILES string of the molecule is CCC(O)N1CCc2ccc(NC(=O)c3ccccc3SC(F)F)cc2C1. The Morgan fingerprint density at radius 1 is 1.26 bits per heavy atom. The van der Waals surface area contributed by atoms with E-state index in [9.17, 15) is 18.7 Å². The van der Waals surface area contributed by atoms with E-state index < -0.39 is 17.9 Å². The summed E-state index contributed by atoms with van der Waals surface area (Å²) in [5.74, 6) is -3.00. The lowest BCUT2D eigenvalue weighted by Gasteiger charge is -2.32. The summed E-state index contributed by atoms with van der Waals surface area (Å²) in [5.41, 5.74) is 3.09. The number of hydrogen-bond acceptors (Lipinski definition) is 4. The first-order valence-corrected chi connectivity index (χ1v) is 9.75. The summed E-state index contributed by atoms with van der Waals surface area (Å²) in [5, 5.41) is 12.9. The lowest BCUT2D eigenvalue weighted by atomic mass is 9.98. The maximum atomic E-state index is 12.7. The number of benzene rings is 2. The van der Waals surface area contributed by atoms with Crippen molar-refractivity contribution in [3.05, 3.63) is 59.2 Å². The molecule has 144 valence electrons. The molecule has 0 spiro atoms. The predicted molar refractivity (Wildman–Crippen MR) is 103 cm³/mol. The zero-order valence-corrected chi connectivity index (χ0v) is 15.8. The van der Waals surface area contributed by atoms with Crippen LogP contribution in [0.5, 0.6) is 0 Å². The summed E-state index contributed by atoms with van der Waals surface area (Å²) in [4.78, 5) is 14.8. The van der Waals surface area contributed by atoms with Crippen molar-refractivity contribution in [1.29, 1.82) is 0 Å². The summed E-state index contributed by atoms with van der Waals surface area (Å²) in [7, 11) is 0. The van der Waals surface area contributed by atoms with E-state index in [0.29, 0.717) is 30.4 Å². The van der Waals surface area contributed by atoms with E-state index in [1.54, 1.807) is 12.1 Å². The standard InChI is InChI=1S/C20H22F2N2O2S/c1-2-18(25)24-10-9-13-7-8-15(11-14(13)12-24)23-19(26)16-5-3-4-6-17(16)27-20(21)22/h3-8,11,18,20,25H,2,9-10,12H2,1H3,(H,23,26). The fraction of sp³-hybridized carbons (Fsp3) is 0.350. The van der Waals surface area contributed by atoms with Gasteiger partial charge in [-0.05, 0) is 48.2 Å². The molecular formula is C20H22F2N2O2S. The van der Waals surface area contributed by atoms with Crippen molar-refractivity contribution in [2.75, 3.05) is 11.9 Å². The van der Waals surface area contributed by atoms with Crippen LogP contribution in [0.1, 0.15) is 34.8 Å². The smallest absolute Gasteiger partial charge is 0.288 e. The average molecular weight is 392 g/mol. The van der Waals surface area contributed by atoms with Crippen molar-refractivity contribution in [1.82, 2.24) is 4.90 Å². The minimum atomic E-state index is -2.58. The number of carbonyl (C=O) groups excluding carboxylic acids is 1. The number of halogens is 2. The van der Waals surface area contributed by atoms with Crippen LogP contribution in [0.2, 0.25) is 0 Å². The van der Waals surface area contributed by atoms with E-state index in [0.717, 1.165) is 18.5 Å². The van der Waals surface area contributed by atoms with Crippen LogP contribution in [0.3, 0.4) is 0 Å². The van der Waals surface area contributed by atoms with Crippen molar-refractivity contribution >= 4 is 23.4 Å². The lowest BCUT2D eigenvalue weighted by molar-refractivity contribution is -0.00788. The number of aliphatic hydroxyl groups excluding tert-OH is 1. The molecule has 4 nitrogen and oxygen atoms in total. The van der Waals surface area contributed by atoms with E-state index in [1.165, 1.54) is 17.7 Å². The van der Waals surface area contributed by atoms with E-state index >= 15 is 0 Å². The van der Waals surface area contributed by atoms with Gasteiger partial charge >= 0.3 is 0 Å². The molecule has 1 amide bonds. The molecule has 2 N–H and O–H groups in total. The molecule has 0 aromatic heterocycles. The van der Waals surface area contributed by atoms with Crippen LogP contribution < -0.4 is 5.32 Å². The van der Waals surface area contributed by atoms with Gasteiger partial charge in [0.1, 0.15) is 6.23 Å². The molecule has 7 heteroatoms. The van der Waals surface area contributed by atoms with Crippen LogP contribution >= 0.6 is 11.8 Å². The summed E-state index contributed by atoms with van der Waals surface area (Å²) < 4.78 is 25.4. The first-order chi connectivity index (χ1) is 13.0. The normalized spacial score (nSPS) is 15.4. The third-order valence-corrected chi connectivity index (χ3v) is 5.43. The molecule has 0 bridgehead atoms. The molecule has 0 saturated heterocycles. The quantitative estimate of drug-likeness (QED) is 0.718. The zero-order chi connectivity index (χ0) is 19.4. The molecule has 1 heterocycles. The molecule has 27 heavy (non-hydrogen) atoms. The van der Waals surface area contributed by atoms with Crippen molar-refractivity contribution in [2.24, 2.45) is 0 Å². The van der Waals surface area contributed by atoms with Crippen molar-refractivity contribution in [3.8, 4) is 0 Å². The van der Waals surface area contributed by atoms with Crippen LogP contribution in [0.4, 0.5) is 14.5 Å². The Balaban J connectivity index is 1.76. The van der Waals surface area contributed by atoms with E-state index in [-0.39, 0.29) is 10.5 Å². The Bertz CT molecular complexity index is 816. The van der Waals surface area contributed by atoms with Crippen LogP contribution in [0.25, 0.3) is 0 Å². The Hall–Kier alpha value is -1.96. The molecule has 0 fully saturated rings. The number of anilines is 1. The summed E-state index contributed by atoms with van der Waals surface area (Å²) >= 11 is 0.364. The zero-order valence-electron chi connectivity index (χ0n) is 15.0. The average Bonchev–Trinajstić information content (AvgIpc) is 2.66. The maximum Gasteiger partial charge on any atom is 0.288 e. The summed E-state index contributed by atoms with van der Waals surface area (Å²) in [6, 6.07) is 12.0. The second-order valence-electron chi connectivity index (χ2n) is 6.42. The molecule has 0 saturated carbocycles. The molecule has 2 aromatic rings. The summed E-state index contributed by atoms with van der Waals surface area (Å²) in [6.07, 6.45) is 1.02. The van der Waals surface area contributed by atoms with Gasteiger partial charge in [-0.15, -0.1) is 0 Å². The molecule has 0 aliphatic carbocycles. The van der Waals surface area contributed by atoms with Crippen molar-refractivity contribution in [3.63, 3.8) is 0 Å². The third-order valence-electron chi connectivity index (χ3n) is 4.64. The molecule has 2 aromatic carbocycles. The maximum absolute atomic E-state index is 12.7. The van der Waals surface area contributed by atoms with Gasteiger partial charge in [0.15, 0.2) is 0 Å². The van der Waals surface area contributed by atoms with Gasteiger partial charge in [0.25, 0.3) is 11.7 Å². The van der Waals surface area contributed by atoms with Crippen molar-refractivity contribution in [2.45, 2.75) is 43.2 Å². The number of nitrogens with one attached hydrogen (secondary N) is 1. The second-order valence-corrected chi connectivity index (χ2v) is 7.45. The van der Waals surface area contributed by atoms with E-state index in [1.807, 2.05) is 30.0 Å². The van der Waals surface area contributed by atoms with E-state index in [2.05, 4.69) is 5.32 Å². The molecule has 0 radical (unpaired) electrons. The van der Waals surface area contributed by atoms with Gasteiger partial charge in [0.2, 0.25) is 0 Å². The number of fused-ring (bicyclic) bond motifs is 1. The minimum absolute atomic E-state index is 0.226. The lowest BCUT2D eigenvalue weighted by Crippen LogP contribution is -2.38. The topological polar surface area (TPSA) is 52.6 Å². The number of carbonyl (C=O) groups is 1. The number of aliphatic hydroxyl groups is 1. The van der Waals surface area contributed by atoms with Crippen LogP contribution in [0.15, 0.2) is 47.4 Å². The van der Waals surface area contributed by atoms with Crippen LogP contribution in [-0.2, 0) is 13.0 Å². The monoisotopic (exact) mass is 392 g/mol. The predicted octanol–water partition coefficient (Wildman–Crippen LogP) is 4.34. The Kier molecular flexibility index (Phi) is 6.46. The summed E-state index contributed by atoms with van der Waals surface area (Å²) in [6.45, 7) is 3.35. The van der Waals surface area contributed by atoms with E-state index in [4.69, 9.17) is 0 Å². The number of nitrogens with zero attached hydrogens (tertiary/aromatic N) is 1. The fourth-order valence-corrected chi connectivity index (χ4v) is 3.86. The number of amides is 1. The number of alkyl halides is 2. The highest BCUT2D eigenvalue weighted by Crippen LogP contribution is 2.29. The third kappa shape index (κ3) is 4.86. The molecule has 1 aliphatic heterocycles. The highest BCUT2D eigenvalue weighted by molar-refractivity contribution is 7.99. The van der Waals surface area contributed by atoms with Gasteiger partial charge in [-0.3, -0.25) is 9.69 Å².